The van der Waals surface area contributed by atoms with Gasteiger partial charge in [-0.25, -0.2) is 4.98 Å². The van der Waals surface area contributed by atoms with Gasteiger partial charge in [-0.15, -0.1) is 0 Å². The van der Waals surface area contributed by atoms with Crippen LogP contribution in [0.25, 0.3) is 0 Å². The van der Waals surface area contributed by atoms with E-state index in [-0.39, 0.29) is 0 Å². The first-order valence-electron chi connectivity index (χ1n) is 6.03. The van der Waals surface area contributed by atoms with Crippen LogP contribution >= 0.6 is 23.2 Å². The van der Waals surface area contributed by atoms with Crippen molar-refractivity contribution in [3.05, 3.63) is 16.1 Å². The van der Waals surface area contributed by atoms with Gasteiger partial charge in [-0.05, 0) is 32.8 Å². The molecule has 0 bridgehead atoms. The van der Waals surface area contributed by atoms with E-state index in [0.29, 0.717) is 21.9 Å². The molecule has 1 N–H and O–H groups in total. The molecule has 1 fully saturated rings. The highest BCUT2D eigenvalue weighted by atomic mass is 35.5. The molecule has 0 saturated heterocycles. The van der Waals surface area contributed by atoms with Crippen molar-refractivity contribution in [2.75, 3.05) is 23.3 Å². The minimum absolute atomic E-state index is 0.576. The third kappa shape index (κ3) is 2.78. The van der Waals surface area contributed by atoms with Crippen molar-refractivity contribution in [3.8, 4) is 0 Å². The summed E-state index contributed by atoms with van der Waals surface area (Å²) in [6.45, 7) is 5.86. The number of pyridine rings is 1. The molecule has 0 aromatic carbocycles. The van der Waals surface area contributed by atoms with Gasteiger partial charge in [-0.2, -0.15) is 0 Å². The van der Waals surface area contributed by atoms with E-state index in [1.807, 2.05) is 6.92 Å². The van der Waals surface area contributed by atoms with Crippen molar-refractivity contribution in [2.45, 2.75) is 32.7 Å². The largest absolute Gasteiger partial charge is 0.369 e. The number of aromatic nitrogens is 1. The molecule has 0 radical (unpaired) electrons. The summed E-state index contributed by atoms with van der Waals surface area (Å²) in [4.78, 5) is 6.79. The van der Waals surface area contributed by atoms with Gasteiger partial charge in [0, 0.05) is 19.1 Å². The van der Waals surface area contributed by atoms with Crippen LogP contribution < -0.4 is 10.2 Å². The SMILES string of the molecule is CCNc1nc(N(CC)C2CC2)c(Cl)cc1Cl. The molecule has 5 heteroatoms. The number of nitrogens with zero attached hydrogens (tertiary/aromatic N) is 2. The molecule has 1 heterocycles. The molecule has 1 aromatic rings. The average molecular weight is 274 g/mol. The topological polar surface area (TPSA) is 28.2 Å². The Morgan fingerprint density at radius 2 is 2.06 bits per heavy atom. The zero-order valence-electron chi connectivity index (χ0n) is 10.1. The molecule has 0 atom stereocenters. The van der Waals surface area contributed by atoms with Crippen LogP contribution in [0.1, 0.15) is 26.7 Å². The fourth-order valence-electron chi connectivity index (χ4n) is 1.92. The number of hydrogen-bond donors (Lipinski definition) is 1. The summed E-state index contributed by atoms with van der Waals surface area (Å²) in [5, 5.41) is 4.36. The molecule has 0 unspecified atom stereocenters. The summed E-state index contributed by atoms with van der Waals surface area (Å²) >= 11 is 12.3. The van der Waals surface area contributed by atoms with Crippen molar-refractivity contribution < 1.29 is 0 Å². The van der Waals surface area contributed by atoms with Crippen molar-refractivity contribution in [3.63, 3.8) is 0 Å². The van der Waals surface area contributed by atoms with Gasteiger partial charge in [0.15, 0.2) is 0 Å². The van der Waals surface area contributed by atoms with Crippen LogP contribution in [0.3, 0.4) is 0 Å². The van der Waals surface area contributed by atoms with E-state index >= 15 is 0 Å². The van der Waals surface area contributed by atoms with Gasteiger partial charge < -0.3 is 10.2 Å². The molecule has 0 spiro atoms. The van der Waals surface area contributed by atoms with E-state index in [2.05, 4.69) is 22.1 Å². The van der Waals surface area contributed by atoms with Gasteiger partial charge in [0.2, 0.25) is 0 Å². The van der Waals surface area contributed by atoms with Gasteiger partial charge >= 0.3 is 0 Å². The predicted molar refractivity (Wildman–Crippen MR) is 74.5 cm³/mol. The minimum Gasteiger partial charge on any atom is -0.369 e. The van der Waals surface area contributed by atoms with E-state index in [9.17, 15) is 0 Å². The molecule has 1 saturated carbocycles. The van der Waals surface area contributed by atoms with Crippen LogP contribution in [-0.2, 0) is 0 Å². The molecule has 94 valence electrons. The summed E-state index contributed by atoms with van der Waals surface area (Å²) in [7, 11) is 0. The van der Waals surface area contributed by atoms with Gasteiger partial charge in [-0.1, -0.05) is 23.2 Å². The molecule has 17 heavy (non-hydrogen) atoms. The lowest BCUT2D eigenvalue weighted by atomic mass is 10.3. The molecule has 2 rings (SSSR count). The summed E-state index contributed by atoms with van der Waals surface area (Å²) in [5.74, 6) is 1.56. The zero-order valence-corrected chi connectivity index (χ0v) is 11.6. The van der Waals surface area contributed by atoms with E-state index in [1.165, 1.54) is 12.8 Å². The van der Waals surface area contributed by atoms with Gasteiger partial charge in [-0.3, -0.25) is 0 Å². The highest BCUT2D eigenvalue weighted by molar-refractivity contribution is 6.37. The van der Waals surface area contributed by atoms with Crippen LogP contribution in [-0.4, -0.2) is 24.1 Å². The fraction of sp³-hybridized carbons (Fsp3) is 0.583. The third-order valence-electron chi connectivity index (χ3n) is 2.86. The molecule has 1 aromatic heterocycles. The third-order valence-corrected chi connectivity index (χ3v) is 3.42. The van der Waals surface area contributed by atoms with Crippen LogP contribution in [0.2, 0.25) is 10.0 Å². The summed E-state index contributed by atoms with van der Waals surface area (Å²) < 4.78 is 0. The lowest BCUT2D eigenvalue weighted by molar-refractivity contribution is 0.809. The van der Waals surface area contributed by atoms with Crippen LogP contribution in [0.15, 0.2) is 6.07 Å². The minimum atomic E-state index is 0.576. The number of rotatable bonds is 5. The Hall–Kier alpha value is -0.670. The number of halogens is 2. The summed E-state index contributed by atoms with van der Waals surface area (Å²) in [6.07, 6.45) is 2.45. The highest BCUT2D eigenvalue weighted by Gasteiger charge is 2.30. The average Bonchev–Trinajstić information content (AvgIpc) is 3.10. The van der Waals surface area contributed by atoms with Crippen molar-refractivity contribution in [2.24, 2.45) is 0 Å². The van der Waals surface area contributed by atoms with Crippen molar-refractivity contribution in [1.29, 1.82) is 0 Å². The molecule has 1 aliphatic rings. The van der Waals surface area contributed by atoms with Gasteiger partial charge in [0.05, 0.1) is 10.0 Å². The van der Waals surface area contributed by atoms with E-state index < -0.39 is 0 Å². The normalized spacial score (nSPS) is 14.8. The summed E-state index contributed by atoms with van der Waals surface area (Å²) in [5.41, 5.74) is 0. The first-order chi connectivity index (χ1) is 8.17. The Morgan fingerprint density at radius 3 is 2.59 bits per heavy atom. The first kappa shape index (κ1) is 12.8. The smallest absolute Gasteiger partial charge is 0.150 e. The molecule has 3 nitrogen and oxygen atoms in total. The maximum Gasteiger partial charge on any atom is 0.150 e. The fourth-order valence-corrected chi connectivity index (χ4v) is 2.45. The molecule has 0 amide bonds. The second-order valence-corrected chi connectivity index (χ2v) is 4.99. The monoisotopic (exact) mass is 273 g/mol. The van der Waals surface area contributed by atoms with E-state index in [1.54, 1.807) is 6.07 Å². The zero-order chi connectivity index (χ0) is 12.4. The molecular weight excluding hydrogens is 257 g/mol. The Morgan fingerprint density at radius 1 is 1.35 bits per heavy atom. The van der Waals surface area contributed by atoms with E-state index in [0.717, 1.165) is 18.9 Å². The van der Waals surface area contributed by atoms with Crippen molar-refractivity contribution >= 4 is 34.8 Å². The van der Waals surface area contributed by atoms with Crippen LogP contribution in [0, 0.1) is 0 Å². The van der Waals surface area contributed by atoms with Crippen molar-refractivity contribution in [1.82, 2.24) is 4.98 Å². The molecule has 0 aliphatic heterocycles. The van der Waals surface area contributed by atoms with Gasteiger partial charge in [0.25, 0.3) is 0 Å². The molecular formula is C12H17Cl2N3. The lowest BCUT2D eigenvalue weighted by Gasteiger charge is -2.23. The Balaban J connectivity index is 2.34. The Kier molecular flexibility index (Phi) is 4.00. The number of hydrogen-bond acceptors (Lipinski definition) is 3. The second kappa shape index (κ2) is 5.32. The first-order valence-corrected chi connectivity index (χ1v) is 6.79. The van der Waals surface area contributed by atoms with E-state index in [4.69, 9.17) is 23.2 Å². The second-order valence-electron chi connectivity index (χ2n) is 4.17. The maximum absolute atomic E-state index is 6.23. The van der Waals surface area contributed by atoms with Crippen LogP contribution in [0.5, 0.6) is 0 Å². The maximum atomic E-state index is 6.23. The lowest BCUT2D eigenvalue weighted by Crippen LogP contribution is -2.26. The number of anilines is 2. The highest BCUT2D eigenvalue weighted by Crippen LogP contribution is 2.37. The van der Waals surface area contributed by atoms with Crippen LogP contribution in [0.4, 0.5) is 11.6 Å². The van der Waals surface area contributed by atoms with Gasteiger partial charge in [0.1, 0.15) is 11.6 Å². The molecule has 1 aliphatic carbocycles. The standard InChI is InChI=1S/C12H17Cl2N3/c1-3-15-11-9(13)7-10(14)12(16-11)17(4-2)8-5-6-8/h7-8H,3-6H2,1-2H3,(H,15,16). The number of nitrogens with one attached hydrogen (secondary N) is 1. The Bertz CT molecular complexity index is 405. The Labute approximate surface area is 112 Å². The quantitative estimate of drug-likeness (QED) is 0.885. The summed E-state index contributed by atoms with van der Waals surface area (Å²) in [6, 6.07) is 2.37. The predicted octanol–water partition coefficient (Wildman–Crippen LogP) is 3.81.